The van der Waals surface area contributed by atoms with Crippen molar-refractivity contribution in [3.8, 4) is 0 Å². The van der Waals surface area contributed by atoms with Crippen molar-refractivity contribution < 1.29 is 23.1 Å². The van der Waals surface area contributed by atoms with Gasteiger partial charge in [0, 0.05) is 10.6 Å². The number of methoxy groups -OCH3 is 1. The summed E-state index contributed by atoms with van der Waals surface area (Å²) in [7, 11) is -2.89. The van der Waals surface area contributed by atoms with Crippen LogP contribution in [0.3, 0.4) is 0 Å². The van der Waals surface area contributed by atoms with Gasteiger partial charge in [-0.1, -0.05) is 41.9 Å². The van der Waals surface area contributed by atoms with E-state index in [0.29, 0.717) is 5.56 Å². The molecule has 0 spiro atoms. The molecule has 1 heterocycles. The van der Waals surface area contributed by atoms with E-state index in [-0.39, 0.29) is 15.5 Å². The maximum absolute atomic E-state index is 12.5. The number of fused-ring (bicyclic) bond motifs is 1. The molecule has 0 aliphatic carbocycles. The quantitative estimate of drug-likeness (QED) is 0.783. The summed E-state index contributed by atoms with van der Waals surface area (Å²) < 4.78 is 31.8. The van der Waals surface area contributed by atoms with Gasteiger partial charge in [-0.2, -0.15) is 4.72 Å². The minimum absolute atomic E-state index is 0.0235. The van der Waals surface area contributed by atoms with E-state index >= 15 is 0 Å². The van der Waals surface area contributed by atoms with Crippen LogP contribution in [0.5, 0.6) is 0 Å². The monoisotopic (exact) mass is 367 g/mol. The maximum atomic E-state index is 12.5. The second-order valence-electron chi connectivity index (χ2n) is 5.35. The Balaban J connectivity index is 2.37. The number of carbonyl (C=O) groups is 1. The summed E-state index contributed by atoms with van der Waals surface area (Å²) in [5.74, 6) is -0.907. The number of sulfonamides is 1. The summed E-state index contributed by atoms with van der Waals surface area (Å²) in [5.41, 5.74) is -1.60. The Morgan fingerprint density at radius 2 is 1.92 bits per heavy atom. The third-order valence-electron chi connectivity index (χ3n) is 3.98. The Morgan fingerprint density at radius 3 is 2.54 bits per heavy atom. The van der Waals surface area contributed by atoms with Crippen LogP contribution in [-0.2, 0) is 25.2 Å². The van der Waals surface area contributed by atoms with Crippen molar-refractivity contribution in [2.75, 3.05) is 7.11 Å². The van der Waals surface area contributed by atoms with Crippen LogP contribution < -0.4 is 4.72 Å². The van der Waals surface area contributed by atoms with Gasteiger partial charge in [-0.3, -0.25) is 4.79 Å². The zero-order valence-corrected chi connectivity index (χ0v) is 14.1. The average Bonchev–Trinajstić information content (AvgIpc) is 2.58. The molecule has 3 rings (SSSR count). The molecule has 0 fully saturated rings. The van der Waals surface area contributed by atoms with Crippen LogP contribution in [0.1, 0.15) is 11.1 Å². The maximum Gasteiger partial charge on any atom is 0.327 e. The number of rotatable bonds is 2. The number of carbonyl (C=O) groups excluding carboxylic acids is 1. The number of hydrogen-bond donors (Lipinski definition) is 2. The summed E-state index contributed by atoms with van der Waals surface area (Å²) in [6.45, 7) is 0. The molecule has 2 N–H and O–H groups in total. The third-order valence-corrected chi connectivity index (χ3v) is 5.70. The van der Waals surface area contributed by atoms with Gasteiger partial charge in [-0.05, 0) is 23.8 Å². The van der Waals surface area contributed by atoms with Gasteiger partial charge in [0.05, 0.1) is 12.0 Å². The van der Waals surface area contributed by atoms with Crippen molar-refractivity contribution >= 4 is 27.6 Å². The van der Waals surface area contributed by atoms with Crippen molar-refractivity contribution in [1.82, 2.24) is 4.72 Å². The van der Waals surface area contributed by atoms with Crippen LogP contribution in [0.4, 0.5) is 0 Å². The number of nitrogens with one attached hydrogen (secondary N) is 1. The molecule has 8 heteroatoms. The van der Waals surface area contributed by atoms with E-state index in [1.807, 2.05) is 0 Å². The summed E-state index contributed by atoms with van der Waals surface area (Å²) in [6, 6.07) is 10.8. The van der Waals surface area contributed by atoms with Crippen molar-refractivity contribution in [3.63, 3.8) is 0 Å². The number of halogens is 1. The Bertz CT molecular complexity index is 900. The van der Waals surface area contributed by atoms with Crippen LogP contribution in [-0.4, -0.2) is 32.6 Å². The first kappa shape index (κ1) is 16.9. The number of aliphatic hydroxyl groups is 1. The molecule has 1 aliphatic heterocycles. The minimum Gasteiger partial charge on any atom is -0.468 e. The highest BCUT2D eigenvalue weighted by atomic mass is 35.5. The lowest BCUT2D eigenvalue weighted by Crippen LogP contribution is -2.59. The van der Waals surface area contributed by atoms with Crippen LogP contribution in [0.15, 0.2) is 53.4 Å². The molecule has 0 saturated carbocycles. The lowest BCUT2D eigenvalue weighted by Gasteiger charge is -2.40. The predicted octanol–water partition coefficient (Wildman–Crippen LogP) is 1.41. The first-order valence-electron chi connectivity index (χ1n) is 6.99. The standard InChI is InChI=1S/C16H14ClNO5S/c1-23-15(19)14-16(20,10-5-3-2-4-6-10)12-9-11(17)7-8-13(12)24(21,22)18-14/h2-9,14,18,20H,1H3/t14-,16+/m1/s1. The summed E-state index contributed by atoms with van der Waals surface area (Å²) in [4.78, 5) is 12.1. The van der Waals surface area contributed by atoms with E-state index in [1.54, 1.807) is 30.3 Å². The third kappa shape index (κ3) is 2.50. The fourth-order valence-electron chi connectivity index (χ4n) is 2.84. The van der Waals surface area contributed by atoms with E-state index in [0.717, 1.165) is 7.11 Å². The second kappa shape index (κ2) is 5.86. The average molecular weight is 368 g/mol. The number of ether oxygens (including phenoxy) is 1. The minimum atomic E-state index is -4.01. The van der Waals surface area contributed by atoms with E-state index in [2.05, 4.69) is 9.46 Å². The zero-order chi connectivity index (χ0) is 17.5. The first-order chi connectivity index (χ1) is 11.3. The molecule has 2 atom stereocenters. The van der Waals surface area contributed by atoms with E-state index in [4.69, 9.17) is 11.6 Å². The highest BCUT2D eigenvalue weighted by Gasteiger charge is 2.53. The lowest BCUT2D eigenvalue weighted by molar-refractivity contribution is -0.149. The summed E-state index contributed by atoms with van der Waals surface area (Å²) in [6.07, 6.45) is 0. The van der Waals surface area contributed by atoms with Crippen LogP contribution >= 0.6 is 11.6 Å². The zero-order valence-electron chi connectivity index (χ0n) is 12.6. The van der Waals surface area contributed by atoms with Gasteiger partial charge in [-0.25, -0.2) is 8.42 Å². The van der Waals surface area contributed by atoms with Gasteiger partial charge in [-0.15, -0.1) is 0 Å². The Morgan fingerprint density at radius 1 is 1.25 bits per heavy atom. The molecule has 0 radical (unpaired) electrons. The Kier molecular flexibility index (Phi) is 4.13. The molecule has 0 unspecified atom stereocenters. The van der Waals surface area contributed by atoms with Gasteiger partial charge in [0.2, 0.25) is 10.0 Å². The Labute approximate surface area is 144 Å². The Hall–Kier alpha value is -1.93. The molecule has 6 nitrogen and oxygen atoms in total. The largest absolute Gasteiger partial charge is 0.468 e. The first-order valence-corrected chi connectivity index (χ1v) is 8.85. The lowest BCUT2D eigenvalue weighted by atomic mass is 9.80. The van der Waals surface area contributed by atoms with E-state index < -0.39 is 27.6 Å². The van der Waals surface area contributed by atoms with Gasteiger partial charge < -0.3 is 9.84 Å². The molecule has 1 aliphatic rings. The van der Waals surface area contributed by atoms with Crippen LogP contribution in [0.2, 0.25) is 5.02 Å². The molecule has 0 aromatic heterocycles. The fourth-order valence-corrected chi connectivity index (χ4v) is 4.47. The number of esters is 1. The molecule has 24 heavy (non-hydrogen) atoms. The van der Waals surface area contributed by atoms with Gasteiger partial charge in [0.1, 0.15) is 5.60 Å². The molecule has 2 aromatic rings. The second-order valence-corrected chi connectivity index (χ2v) is 7.47. The SMILES string of the molecule is COC(=O)[C@H]1NS(=O)(=O)c2ccc(Cl)cc2[C@@]1(O)c1ccccc1. The van der Waals surface area contributed by atoms with Crippen molar-refractivity contribution in [3.05, 3.63) is 64.7 Å². The smallest absolute Gasteiger partial charge is 0.327 e. The van der Waals surface area contributed by atoms with Crippen molar-refractivity contribution in [2.24, 2.45) is 0 Å². The van der Waals surface area contributed by atoms with Crippen LogP contribution in [0.25, 0.3) is 0 Å². The molecule has 0 bridgehead atoms. The molecular formula is C16H14ClNO5S. The van der Waals surface area contributed by atoms with Crippen molar-refractivity contribution in [2.45, 2.75) is 16.5 Å². The van der Waals surface area contributed by atoms with Gasteiger partial charge >= 0.3 is 5.97 Å². The molecule has 126 valence electrons. The molecular weight excluding hydrogens is 354 g/mol. The molecule has 0 saturated heterocycles. The van der Waals surface area contributed by atoms with E-state index in [1.165, 1.54) is 18.2 Å². The van der Waals surface area contributed by atoms with Gasteiger partial charge in [0.25, 0.3) is 0 Å². The van der Waals surface area contributed by atoms with Crippen molar-refractivity contribution in [1.29, 1.82) is 0 Å². The number of benzene rings is 2. The van der Waals surface area contributed by atoms with Gasteiger partial charge in [0.15, 0.2) is 6.04 Å². The molecule has 0 amide bonds. The summed E-state index contributed by atoms with van der Waals surface area (Å²) in [5, 5.41) is 11.7. The fraction of sp³-hybridized carbons (Fsp3) is 0.188. The van der Waals surface area contributed by atoms with Crippen LogP contribution in [0, 0.1) is 0 Å². The topological polar surface area (TPSA) is 92.7 Å². The van der Waals surface area contributed by atoms with E-state index in [9.17, 15) is 18.3 Å². The highest BCUT2D eigenvalue weighted by molar-refractivity contribution is 7.89. The number of hydrogen-bond acceptors (Lipinski definition) is 5. The molecule has 2 aromatic carbocycles. The highest BCUT2D eigenvalue weighted by Crippen LogP contribution is 2.42. The predicted molar refractivity (Wildman–Crippen MR) is 87.0 cm³/mol. The normalized spacial score (nSPS) is 24.9. The summed E-state index contributed by atoms with van der Waals surface area (Å²) >= 11 is 6.00.